The van der Waals surface area contributed by atoms with Gasteiger partial charge < -0.3 is 24.1 Å². The van der Waals surface area contributed by atoms with E-state index >= 15 is 0 Å². The highest BCUT2D eigenvalue weighted by molar-refractivity contribution is 5.92. The predicted molar refractivity (Wildman–Crippen MR) is 146 cm³/mol. The number of benzene rings is 3. The second kappa shape index (κ2) is 14.3. The van der Waals surface area contributed by atoms with Crippen molar-refractivity contribution in [2.75, 3.05) is 19.8 Å². The van der Waals surface area contributed by atoms with Crippen LogP contribution in [0.1, 0.15) is 30.1 Å². The Kier molecular flexibility index (Phi) is 10.6. The molecule has 0 spiro atoms. The molecule has 3 aromatic rings. The van der Waals surface area contributed by atoms with Gasteiger partial charge in [-0.05, 0) is 79.4 Å². The van der Waals surface area contributed by atoms with Crippen molar-refractivity contribution in [2.24, 2.45) is 0 Å². The van der Waals surface area contributed by atoms with Crippen molar-refractivity contribution in [3.8, 4) is 28.4 Å². The SMILES string of the molecule is C=C(C)C(=O)Oc1ccc(OC(=O)c2ccc(-c3ccc(OCCCCOC(=O)C(=C)CO)cc3)cc2)cc1. The van der Waals surface area contributed by atoms with Gasteiger partial charge in [-0.1, -0.05) is 37.4 Å². The van der Waals surface area contributed by atoms with Crippen molar-refractivity contribution in [1.82, 2.24) is 0 Å². The van der Waals surface area contributed by atoms with Crippen LogP contribution < -0.4 is 14.2 Å². The van der Waals surface area contributed by atoms with Gasteiger partial charge >= 0.3 is 17.9 Å². The average molecular weight is 531 g/mol. The number of hydrogen-bond acceptors (Lipinski definition) is 8. The summed E-state index contributed by atoms with van der Waals surface area (Å²) in [5, 5.41) is 8.83. The molecule has 0 radical (unpaired) electrons. The number of ether oxygens (including phenoxy) is 4. The van der Waals surface area contributed by atoms with E-state index in [0.717, 1.165) is 11.1 Å². The van der Waals surface area contributed by atoms with Gasteiger partial charge in [0.05, 0.1) is 31.0 Å². The topological polar surface area (TPSA) is 108 Å². The molecule has 0 atom stereocenters. The van der Waals surface area contributed by atoms with Crippen LogP contribution in [0, 0.1) is 0 Å². The molecule has 0 amide bonds. The Morgan fingerprint density at radius 2 is 1.21 bits per heavy atom. The Labute approximate surface area is 227 Å². The van der Waals surface area contributed by atoms with Crippen LogP contribution in [-0.4, -0.2) is 42.8 Å². The summed E-state index contributed by atoms with van der Waals surface area (Å²) in [5.74, 6) is -0.262. The zero-order valence-corrected chi connectivity index (χ0v) is 21.7. The van der Waals surface area contributed by atoms with E-state index in [1.807, 2.05) is 36.4 Å². The predicted octanol–water partition coefficient (Wildman–Crippen LogP) is 5.31. The van der Waals surface area contributed by atoms with Gasteiger partial charge in [-0.15, -0.1) is 0 Å². The van der Waals surface area contributed by atoms with Gasteiger partial charge in [0.25, 0.3) is 0 Å². The molecule has 3 aromatic carbocycles. The quantitative estimate of drug-likeness (QED) is 0.137. The normalized spacial score (nSPS) is 10.3. The van der Waals surface area contributed by atoms with Crippen molar-refractivity contribution in [1.29, 1.82) is 0 Å². The Morgan fingerprint density at radius 1 is 0.692 bits per heavy atom. The summed E-state index contributed by atoms with van der Waals surface area (Å²) in [6.07, 6.45) is 1.33. The number of esters is 3. The lowest BCUT2D eigenvalue weighted by Gasteiger charge is -2.09. The molecular formula is C31H30O8. The molecular weight excluding hydrogens is 500 g/mol. The Bertz CT molecular complexity index is 1310. The van der Waals surface area contributed by atoms with Gasteiger partial charge in [-0.2, -0.15) is 0 Å². The standard InChI is InChI=1S/C31H30O8/c1-21(2)29(33)38-27-14-16-28(17-15-27)39-31(35)25-8-6-23(7-9-25)24-10-12-26(13-11-24)36-18-4-5-19-37-30(34)22(3)20-32/h6-17,32H,1,3-5,18-20H2,2H3. The highest BCUT2D eigenvalue weighted by Crippen LogP contribution is 2.24. The largest absolute Gasteiger partial charge is 0.494 e. The number of aliphatic hydroxyl groups is 1. The monoisotopic (exact) mass is 530 g/mol. The van der Waals surface area contributed by atoms with Crippen LogP contribution in [0.2, 0.25) is 0 Å². The molecule has 8 nitrogen and oxygen atoms in total. The third-order valence-electron chi connectivity index (χ3n) is 5.42. The molecule has 0 fully saturated rings. The highest BCUT2D eigenvalue weighted by atomic mass is 16.5. The molecule has 0 aliphatic heterocycles. The van der Waals surface area contributed by atoms with Crippen LogP contribution in [-0.2, 0) is 14.3 Å². The van der Waals surface area contributed by atoms with Crippen LogP contribution in [0.15, 0.2) is 97.1 Å². The zero-order valence-electron chi connectivity index (χ0n) is 21.7. The van der Waals surface area contributed by atoms with Crippen molar-refractivity contribution in [3.05, 3.63) is 103 Å². The van der Waals surface area contributed by atoms with E-state index in [1.165, 1.54) is 12.1 Å². The van der Waals surface area contributed by atoms with E-state index in [1.54, 1.807) is 31.2 Å². The minimum atomic E-state index is -0.589. The first-order valence-electron chi connectivity index (χ1n) is 12.3. The lowest BCUT2D eigenvalue weighted by atomic mass is 10.0. The van der Waals surface area contributed by atoms with E-state index in [2.05, 4.69) is 13.2 Å². The molecule has 0 heterocycles. The summed E-state index contributed by atoms with van der Waals surface area (Å²) in [4.78, 5) is 35.5. The fraction of sp³-hybridized carbons (Fsp3) is 0.194. The maximum atomic E-state index is 12.5. The first-order valence-corrected chi connectivity index (χ1v) is 12.3. The minimum Gasteiger partial charge on any atom is -0.494 e. The minimum absolute atomic E-state index is 0.0354. The first-order chi connectivity index (χ1) is 18.8. The Balaban J connectivity index is 1.45. The van der Waals surface area contributed by atoms with Crippen LogP contribution in [0.5, 0.6) is 17.2 Å². The van der Waals surface area contributed by atoms with E-state index < -0.39 is 24.5 Å². The summed E-state index contributed by atoms with van der Waals surface area (Å²) in [5.41, 5.74) is 2.59. The second-order valence-electron chi connectivity index (χ2n) is 8.59. The fourth-order valence-electron chi connectivity index (χ4n) is 3.20. The van der Waals surface area contributed by atoms with Gasteiger partial charge in [0.15, 0.2) is 0 Å². The molecule has 0 aliphatic carbocycles. The molecule has 0 saturated carbocycles. The molecule has 3 rings (SSSR count). The van der Waals surface area contributed by atoms with E-state index in [-0.39, 0.29) is 17.8 Å². The van der Waals surface area contributed by atoms with Crippen LogP contribution in [0.25, 0.3) is 11.1 Å². The number of rotatable bonds is 13. The van der Waals surface area contributed by atoms with Crippen LogP contribution >= 0.6 is 0 Å². The number of carbonyl (C=O) groups is 3. The number of aliphatic hydroxyl groups excluding tert-OH is 1. The van der Waals surface area contributed by atoms with E-state index in [4.69, 9.17) is 24.1 Å². The van der Waals surface area contributed by atoms with Crippen LogP contribution in [0.4, 0.5) is 0 Å². The summed E-state index contributed by atoms with van der Waals surface area (Å²) in [6.45, 7) is 8.80. The number of unbranched alkanes of at least 4 members (excludes halogenated alkanes) is 1. The van der Waals surface area contributed by atoms with E-state index in [0.29, 0.717) is 42.3 Å². The van der Waals surface area contributed by atoms with Gasteiger partial charge in [0, 0.05) is 5.57 Å². The first kappa shape index (κ1) is 28.9. The van der Waals surface area contributed by atoms with Crippen molar-refractivity contribution in [3.63, 3.8) is 0 Å². The Morgan fingerprint density at radius 3 is 1.77 bits per heavy atom. The summed E-state index contributed by atoms with van der Waals surface area (Å²) in [6, 6.07) is 20.8. The molecule has 0 aromatic heterocycles. The number of hydrogen-bond donors (Lipinski definition) is 1. The molecule has 39 heavy (non-hydrogen) atoms. The van der Waals surface area contributed by atoms with E-state index in [9.17, 15) is 14.4 Å². The van der Waals surface area contributed by atoms with Crippen molar-refractivity contribution in [2.45, 2.75) is 19.8 Å². The molecule has 202 valence electrons. The smallest absolute Gasteiger partial charge is 0.343 e. The summed E-state index contributed by atoms with van der Waals surface area (Å²) >= 11 is 0. The van der Waals surface area contributed by atoms with Crippen molar-refractivity contribution < 1.29 is 38.4 Å². The van der Waals surface area contributed by atoms with Crippen LogP contribution in [0.3, 0.4) is 0 Å². The number of carbonyl (C=O) groups excluding carboxylic acids is 3. The third-order valence-corrected chi connectivity index (χ3v) is 5.42. The highest BCUT2D eigenvalue weighted by Gasteiger charge is 2.11. The van der Waals surface area contributed by atoms with Crippen molar-refractivity contribution >= 4 is 17.9 Å². The molecule has 0 bridgehead atoms. The molecule has 8 heteroatoms. The summed E-state index contributed by atoms with van der Waals surface area (Å²) < 4.78 is 21.2. The average Bonchev–Trinajstić information content (AvgIpc) is 2.95. The van der Waals surface area contributed by atoms with Gasteiger partial charge in [0.2, 0.25) is 0 Å². The molecule has 0 saturated heterocycles. The fourth-order valence-corrected chi connectivity index (χ4v) is 3.20. The lowest BCUT2D eigenvalue weighted by molar-refractivity contribution is -0.139. The summed E-state index contributed by atoms with van der Waals surface area (Å²) in [7, 11) is 0. The Hall–Kier alpha value is -4.69. The maximum Gasteiger partial charge on any atom is 0.343 e. The molecule has 1 N–H and O–H groups in total. The molecule has 0 aliphatic rings. The lowest BCUT2D eigenvalue weighted by Crippen LogP contribution is -2.11. The van der Waals surface area contributed by atoms with Gasteiger partial charge in [-0.3, -0.25) is 0 Å². The third kappa shape index (κ3) is 8.98. The maximum absolute atomic E-state index is 12.5. The molecule has 0 unspecified atom stereocenters. The van der Waals surface area contributed by atoms with Gasteiger partial charge in [-0.25, -0.2) is 14.4 Å². The van der Waals surface area contributed by atoms with Gasteiger partial charge in [0.1, 0.15) is 17.2 Å². The zero-order chi connectivity index (χ0) is 28.2. The second-order valence-corrected chi connectivity index (χ2v) is 8.59.